The van der Waals surface area contributed by atoms with Gasteiger partial charge < -0.3 is 19.9 Å². The fourth-order valence-corrected chi connectivity index (χ4v) is 4.16. The molecule has 1 aliphatic carbocycles. The van der Waals surface area contributed by atoms with Crippen molar-refractivity contribution in [3.8, 4) is 11.6 Å². The van der Waals surface area contributed by atoms with Crippen LogP contribution in [0.4, 0.5) is 5.69 Å². The lowest BCUT2D eigenvalue weighted by molar-refractivity contribution is -0.121. The number of nitrogens with one attached hydrogen (secondary N) is 2. The van der Waals surface area contributed by atoms with Gasteiger partial charge in [-0.25, -0.2) is 4.98 Å². The highest BCUT2D eigenvalue weighted by atomic mass is 16.5. The quantitative estimate of drug-likeness (QED) is 0.480. The average molecular weight is 465 g/mol. The van der Waals surface area contributed by atoms with Crippen LogP contribution in [0.25, 0.3) is 0 Å². The van der Waals surface area contributed by atoms with E-state index in [1.807, 2.05) is 0 Å². The normalized spacial score (nSPS) is 15.2. The Hall–Kier alpha value is -3.82. The summed E-state index contributed by atoms with van der Waals surface area (Å²) in [6, 6.07) is 7.03. The van der Waals surface area contributed by atoms with Crippen molar-refractivity contribution in [2.75, 3.05) is 5.32 Å². The molecule has 2 heterocycles. The molecule has 10 nitrogen and oxygen atoms in total. The van der Waals surface area contributed by atoms with Gasteiger partial charge in [-0.2, -0.15) is 4.98 Å². The van der Waals surface area contributed by atoms with Crippen LogP contribution in [0.2, 0.25) is 0 Å². The molecule has 2 amide bonds. The molecule has 1 aliphatic rings. The van der Waals surface area contributed by atoms with Gasteiger partial charge in [0.25, 0.3) is 0 Å². The van der Waals surface area contributed by atoms with Crippen LogP contribution in [0.15, 0.2) is 47.4 Å². The van der Waals surface area contributed by atoms with Gasteiger partial charge in [-0.1, -0.05) is 36.9 Å². The first-order valence-electron chi connectivity index (χ1n) is 11.5. The molecule has 2 aromatic heterocycles. The van der Waals surface area contributed by atoms with Crippen molar-refractivity contribution in [2.24, 2.45) is 0 Å². The van der Waals surface area contributed by atoms with Gasteiger partial charge in [0.15, 0.2) is 5.82 Å². The summed E-state index contributed by atoms with van der Waals surface area (Å²) in [5.41, 5.74) is -0.00343. The van der Waals surface area contributed by atoms with Gasteiger partial charge >= 0.3 is 0 Å². The summed E-state index contributed by atoms with van der Waals surface area (Å²) >= 11 is 0. The standard InChI is InChI=1S/C24H28N6O4/c1-17(31)29-24(11-4-2-3-5-12-24)23-28-21(34-30-23)10-9-20(32)27-18-7-6-8-19(15-18)33-22-16-25-13-14-26-22/h6-8,13-16H,2-5,9-12H2,1H3,(H,27,32)(H,29,31). The summed E-state index contributed by atoms with van der Waals surface area (Å²) < 4.78 is 11.1. The van der Waals surface area contributed by atoms with Crippen LogP contribution in [0.5, 0.6) is 11.6 Å². The molecule has 3 aromatic rings. The zero-order chi connectivity index (χ0) is 23.8. The zero-order valence-corrected chi connectivity index (χ0v) is 19.1. The SMILES string of the molecule is CC(=O)NC1(c2noc(CCC(=O)Nc3cccc(Oc4cnccn4)c3)n2)CCCCCC1. The molecule has 0 atom stereocenters. The Morgan fingerprint density at radius 1 is 1.15 bits per heavy atom. The second kappa shape index (κ2) is 10.9. The van der Waals surface area contributed by atoms with Crippen molar-refractivity contribution in [1.82, 2.24) is 25.4 Å². The van der Waals surface area contributed by atoms with E-state index in [1.54, 1.807) is 30.5 Å². The van der Waals surface area contributed by atoms with Crippen molar-refractivity contribution < 1.29 is 18.8 Å². The van der Waals surface area contributed by atoms with Crippen LogP contribution in [-0.2, 0) is 21.5 Å². The highest BCUT2D eigenvalue weighted by Gasteiger charge is 2.38. The number of anilines is 1. The number of nitrogens with zero attached hydrogens (tertiary/aromatic N) is 4. The molecule has 0 spiro atoms. The molecule has 1 aromatic carbocycles. The molecule has 1 fully saturated rings. The minimum atomic E-state index is -0.601. The topological polar surface area (TPSA) is 132 Å². The summed E-state index contributed by atoms with van der Waals surface area (Å²) in [6.07, 6.45) is 10.9. The lowest BCUT2D eigenvalue weighted by Crippen LogP contribution is -2.45. The smallest absolute Gasteiger partial charge is 0.237 e. The van der Waals surface area contributed by atoms with E-state index in [4.69, 9.17) is 9.26 Å². The maximum absolute atomic E-state index is 12.5. The Kier molecular flexibility index (Phi) is 7.46. The largest absolute Gasteiger partial charge is 0.437 e. The lowest BCUT2D eigenvalue weighted by Gasteiger charge is -2.30. The molecule has 0 unspecified atom stereocenters. The number of rotatable bonds is 8. The Labute approximate surface area is 197 Å². The Balaban J connectivity index is 1.35. The van der Waals surface area contributed by atoms with E-state index in [0.29, 0.717) is 35.5 Å². The van der Waals surface area contributed by atoms with Crippen LogP contribution in [0.1, 0.15) is 63.6 Å². The van der Waals surface area contributed by atoms with Crippen LogP contribution in [-0.4, -0.2) is 31.9 Å². The van der Waals surface area contributed by atoms with Crippen molar-refractivity contribution >= 4 is 17.5 Å². The average Bonchev–Trinajstić information content (AvgIpc) is 3.18. The zero-order valence-electron chi connectivity index (χ0n) is 19.1. The lowest BCUT2D eigenvalue weighted by atomic mass is 9.89. The maximum atomic E-state index is 12.5. The van der Waals surface area contributed by atoms with E-state index < -0.39 is 5.54 Å². The number of carbonyl (C=O) groups is 2. The van der Waals surface area contributed by atoms with E-state index in [-0.39, 0.29) is 18.2 Å². The molecule has 4 rings (SSSR count). The molecular weight excluding hydrogens is 436 g/mol. The summed E-state index contributed by atoms with van der Waals surface area (Å²) in [5, 5.41) is 10.1. The fourth-order valence-electron chi connectivity index (χ4n) is 4.16. The van der Waals surface area contributed by atoms with Gasteiger partial charge in [0.2, 0.25) is 23.6 Å². The first-order chi connectivity index (χ1) is 16.5. The molecule has 10 heteroatoms. The van der Waals surface area contributed by atoms with Crippen molar-refractivity contribution in [2.45, 2.75) is 63.8 Å². The van der Waals surface area contributed by atoms with Gasteiger partial charge in [0.05, 0.1) is 6.20 Å². The van der Waals surface area contributed by atoms with Crippen LogP contribution in [0.3, 0.4) is 0 Å². The third-order valence-corrected chi connectivity index (χ3v) is 5.71. The molecular formula is C24H28N6O4. The summed E-state index contributed by atoms with van der Waals surface area (Å²) in [5.74, 6) is 1.46. The number of hydrogen-bond donors (Lipinski definition) is 2. The molecule has 0 saturated heterocycles. The Morgan fingerprint density at radius 2 is 1.97 bits per heavy atom. The predicted molar refractivity (Wildman–Crippen MR) is 123 cm³/mol. The van der Waals surface area contributed by atoms with Gasteiger partial charge in [-0.3, -0.25) is 14.6 Å². The van der Waals surface area contributed by atoms with E-state index >= 15 is 0 Å². The second-order valence-corrected chi connectivity index (χ2v) is 8.41. The van der Waals surface area contributed by atoms with E-state index in [1.165, 1.54) is 19.3 Å². The highest BCUT2D eigenvalue weighted by molar-refractivity contribution is 5.90. The van der Waals surface area contributed by atoms with Gasteiger partial charge in [0.1, 0.15) is 11.3 Å². The number of amides is 2. The molecule has 2 N–H and O–H groups in total. The second-order valence-electron chi connectivity index (χ2n) is 8.41. The molecule has 0 bridgehead atoms. The monoisotopic (exact) mass is 464 g/mol. The minimum absolute atomic E-state index is 0.113. The van der Waals surface area contributed by atoms with E-state index in [0.717, 1.165) is 38.5 Å². The first kappa shape index (κ1) is 23.3. The highest BCUT2D eigenvalue weighted by Crippen LogP contribution is 2.34. The fraction of sp³-hybridized carbons (Fsp3) is 0.417. The van der Waals surface area contributed by atoms with Crippen LogP contribution in [0, 0.1) is 0 Å². The number of aromatic nitrogens is 4. The van der Waals surface area contributed by atoms with E-state index in [9.17, 15) is 9.59 Å². The summed E-state index contributed by atoms with van der Waals surface area (Å²) in [7, 11) is 0. The number of carbonyl (C=O) groups excluding carboxylic acids is 2. The Morgan fingerprint density at radius 3 is 2.71 bits per heavy atom. The van der Waals surface area contributed by atoms with Gasteiger partial charge in [-0.15, -0.1) is 0 Å². The maximum Gasteiger partial charge on any atom is 0.237 e. The predicted octanol–water partition coefficient (Wildman–Crippen LogP) is 3.91. The van der Waals surface area contributed by atoms with Crippen molar-refractivity contribution in [1.29, 1.82) is 0 Å². The number of aryl methyl sites for hydroxylation is 1. The third-order valence-electron chi connectivity index (χ3n) is 5.71. The van der Waals surface area contributed by atoms with Crippen LogP contribution >= 0.6 is 0 Å². The number of benzene rings is 1. The summed E-state index contributed by atoms with van der Waals surface area (Å²) in [6.45, 7) is 1.51. The number of hydrogen-bond acceptors (Lipinski definition) is 8. The van der Waals surface area contributed by atoms with Crippen molar-refractivity contribution in [3.05, 3.63) is 54.6 Å². The summed E-state index contributed by atoms with van der Waals surface area (Å²) in [4.78, 5) is 36.9. The van der Waals surface area contributed by atoms with Crippen LogP contribution < -0.4 is 15.4 Å². The van der Waals surface area contributed by atoms with Gasteiger partial charge in [0, 0.05) is 43.9 Å². The minimum Gasteiger partial charge on any atom is -0.437 e. The molecule has 0 aliphatic heterocycles. The first-order valence-corrected chi connectivity index (χ1v) is 11.5. The molecule has 34 heavy (non-hydrogen) atoms. The van der Waals surface area contributed by atoms with E-state index in [2.05, 4.69) is 30.7 Å². The number of ether oxygens (including phenoxy) is 1. The molecule has 0 radical (unpaired) electrons. The molecule has 178 valence electrons. The van der Waals surface area contributed by atoms with Crippen molar-refractivity contribution in [3.63, 3.8) is 0 Å². The third kappa shape index (κ3) is 6.15. The van der Waals surface area contributed by atoms with Gasteiger partial charge in [-0.05, 0) is 25.0 Å². The molecule has 1 saturated carbocycles. The Bertz CT molecular complexity index is 1110.